The molecule has 0 unspecified atom stereocenters. The molecular formula is C18H17BrN4S. The summed E-state index contributed by atoms with van der Waals surface area (Å²) in [5, 5.41) is 11.3. The van der Waals surface area contributed by atoms with Gasteiger partial charge in [-0.15, -0.1) is 0 Å². The maximum absolute atomic E-state index is 5.37. The van der Waals surface area contributed by atoms with Crippen molar-refractivity contribution >= 4 is 38.9 Å². The van der Waals surface area contributed by atoms with Crippen molar-refractivity contribution in [1.29, 1.82) is 0 Å². The quantitative estimate of drug-likeness (QED) is 0.630. The Labute approximate surface area is 155 Å². The Hall–Kier alpha value is -2.18. The molecule has 4 nitrogen and oxygen atoms in total. The first-order chi connectivity index (χ1) is 11.7. The van der Waals surface area contributed by atoms with Crippen LogP contribution in [0.25, 0.3) is 0 Å². The number of thiocarbonyl (C=S) groups is 1. The summed E-state index contributed by atoms with van der Waals surface area (Å²) in [7, 11) is 0. The molecule has 0 amide bonds. The Morgan fingerprint density at radius 2 is 1.88 bits per heavy atom. The Bertz CT molecular complexity index is 817. The van der Waals surface area contributed by atoms with Crippen molar-refractivity contribution in [3.63, 3.8) is 0 Å². The van der Waals surface area contributed by atoms with E-state index in [1.807, 2.05) is 41.2 Å². The molecule has 0 saturated heterocycles. The van der Waals surface area contributed by atoms with Crippen molar-refractivity contribution in [2.75, 3.05) is 5.32 Å². The summed E-state index contributed by atoms with van der Waals surface area (Å²) in [5.41, 5.74) is 3.31. The highest BCUT2D eigenvalue weighted by Crippen LogP contribution is 2.13. The third-order valence-corrected chi connectivity index (χ3v) is 4.08. The Kier molecular flexibility index (Phi) is 5.61. The highest BCUT2D eigenvalue weighted by atomic mass is 79.9. The first-order valence-electron chi connectivity index (χ1n) is 7.55. The molecule has 0 bridgehead atoms. The monoisotopic (exact) mass is 400 g/mol. The first kappa shape index (κ1) is 16.7. The topological polar surface area (TPSA) is 41.9 Å². The summed E-state index contributed by atoms with van der Waals surface area (Å²) >= 11 is 8.77. The second-order valence-corrected chi connectivity index (χ2v) is 6.67. The van der Waals surface area contributed by atoms with Gasteiger partial charge in [-0.05, 0) is 51.4 Å². The lowest BCUT2D eigenvalue weighted by atomic mass is 10.2. The largest absolute Gasteiger partial charge is 0.358 e. The average Bonchev–Trinajstić information content (AvgIpc) is 2.99. The van der Waals surface area contributed by atoms with E-state index < -0.39 is 0 Å². The number of nitrogens with zero attached hydrogens (tertiary/aromatic N) is 2. The summed E-state index contributed by atoms with van der Waals surface area (Å²) in [5.74, 6) is 0. The van der Waals surface area contributed by atoms with E-state index in [0.717, 1.165) is 15.7 Å². The van der Waals surface area contributed by atoms with Gasteiger partial charge in [0, 0.05) is 18.4 Å². The van der Waals surface area contributed by atoms with Crippen LogP contribution < -0.4 is 10.6 Å². The van der Waals surface area contributed by atoms with Crippen LogP contribution in [0.15, 0.2) is 71.5 Å². The van der Waals surface area contributed by atoms with Crippen molar-refractivity contribution < 1.29 is 0 Å². The number of hydrogen-bond acceptors (Lipinski definition) is 2. The molecule has 0 aliphatic rings. The first-order valence-corrected chi connectivity index (χ1v) is 8.75. The second kappa shape index (κ2) is 8.08. The molecule has 0 atom stereocenters. The minimum absolute atomic E-state index is 0.609. The Morgan fingerprint density at radius 3 is 2.62 bits per heavy atom. The van der Waals surface area contributed by atoms with E-state index in [0.29, 0.717) is 18.2 Å². The van der Waals surface area contributed by atoms with E-state index in [-0.39, 0.29) is 0 Å². The van der Waals surface area contributed by atoms with Crippen molar-refractivity contribution in [2.24, 2.45) is 0 Å². The number of hydrogen-bond donors (Lipinski definition) is 2. The van der Waals surface area contributed by atoms with Crippen LogP contribution in [-0.4, -0.2) is 14.9 Å². The summed E-state index contributed by atoms with van der Waals surface area (Å²) < 4.78 is 2.86. The predicted octanol–water partition coefficient (Wildman–Crippen LogP) is 4.18. The standard InChI is InChI=1S/C18H17BrN4S/c19-16-11-21-23(13-16)12-15-7-4-8-17(9-15)22-18(24)20-10-14-5-2-1-3-6-14/h1-9,11,13H,10,12H2,(H2,20,22,24). The number of nitrogens with one attached hydrogen (secondary N) is 2. The molecule has 2 aromatic carbocycles. The molecule has 3 rings (SSSR count). The van der Waals surface area contributed by atoms with Crippen LogP contribution in [0.3, 0.4) is 0 Å². The zero-order valence-electron chi connectivity index (χ0n) is 12.9. The highest BCUT2D eigenvalue weighted by molar-refractivity contribution is 9.10. The van der Waals surface area contributed by atoms with Gasteiger partial charge in [0.15, 0.2) is 5.11 Å². The van der Waals surface area contributed by atoms with Gasteiger partial charge < -0.3 is 10.6 Å². The zero-order chi connectivity index (χ0) is 16.8. The van der Waals surface area contributed by atoms with Crippen molar-refractivity contribution in [1.82, 2.24) is 15.1 Å². The van der Waals surface area contributed by atoms with Gasteiger partial charge >= 0.3 is 0 Å². The fraction of sp³-hybridized carbons (Fsp3) is 0.111. The highest BCUT2D eigenvalue weighted by Gasteiger charge is 2.02. The Morgan fingerprint density at radius 1 is 1.08 bits per heavy atom. The number of halogens is 1. The van der Waals surface area contributed by atoms with Crippen LogP contribution in [0, 0.1) is 0 Å². The molecule has 24 heavy (non-hydrogen) atoms. The molecule has 0 radical (unpaired) electrons. The minimum atomic E-state index is 0.609. The number of benzene rings is 2. The maximum Gasteiger partial charge on any atom is 0.171 e. The molecule has 6 heteroatoms. The number of anilines is 1. The lowest BCUT2D eigenvalue weighted by molar-refractivity contribution is 0.687. The van der Waals surface area contributed by atoms with E-state index in [9.17, 15) is 0 Å². The molecule has 1 aromatic heterocycles. The van der Waals surface area contributed by atoms with Gasteiger partial charge in [-0.1, -0.05) is 42.5 Å². The summed E-state index contributed by atoms with van der Waals surface area (Å²) in [6.45, 7) is 1.42. The van der Waals surface area contributed by atoms with Gasteiger partial charge in [-0.25, -0.2) is 0 Å². The van der Waals surface area contributed by atoms with Crippen LogP contribution in [0.2, 0.25) is 0 Å². The zero-order valence-corrected chi connectivity index (χ0v) is 15.3. The molecule has 1 heterocycles. The van der Waals surface area contributed by atoms with Crippen LogP contribution in [0.4, 0.5) is 5.69 Å². The minimum Gasteiger partial charge on any atom is -0.358 e. The molecule has 0 fully saturated rings. The number of rotatable bonds is 5. The molecule has 122 valence electrons. The molecular weight excluding hydrogens is 384 g/mol. The van der Waals surface area contributed by atoms with Gasteiger partial charge in [0.05, 0.1) is 17.2 Å². The van der Waals surface area contributed by atoms with Crippen molar-refractivity contribution in [2.45, 2.75) is 13.1 Å². The van der Waals surface area contributed by atoms with E-state index in [4.69, 9.17) is 12.2 Å². The molecule has 2 N–H and O–H groups in total. The van der Waals surface area contributed by atoms with Crippen LogP contribution in [0.1, 0.15) is 11.1 Å². The van der Waals surface area contributed by atoms with Gasteiger partial charge in [0.25, 0.3) is 0 Å². The van der Waals surface area contributed by atoms with Gasteiger partial charge in [-0.3, -0.25) is 4.68 Å². The molecule has 0 saturated carbocycles. The van der Waals surface area contributed by atoms with Gasteiger partial charge in [0.1, 0.15) is 0 Å². The van der Waals surface area contributed by atoms with E-state index in [1.54, 1.807) is 6.20 Å². The SMILES string of the molecule is S=C(NCc1ccccc1)Nc1cccc(Cn2cc(Br)cn2)c1. The second-order valence-electron chi connectivity index (χ2n) is 5.35. The van der Waals surface area contributed by atoms with Crippen molar-refractivity contribution in [3.05, 3.63) is 82.6 Å². The van der Waals surface area contributed by atoms with Crippen molar-refractivity contribution in [3.8, 4) is 0 Å². The summed E-state index contributed by atoms with van der Waals surface area (Å²) in [6.07, 6.45) is 3.73. The van der Waals surface area contributed by atoms with E-state index >= 15 is 0 Å². The lowest BCUT2D eigenvalue weighted by Gasteiger charge is -2.12. The van der Waals surface area contributed by atoms with Gasteiger partial charge in [-0.2, -0.15) is 5.10 Å². The molecule has 0 aliphatic carbocycles. The summed E-state index contributed by atoms with van der Waals surface area (Å²) in [6, 6.07) is 18.3. The third kappa shape index (κ3) is 4.91. The van der Waals surface area contributed by atoms with E-state index in [1.165, 1.54) is 5.56 Å². The number of aromatic nitrogens is 2. The third-order valence-electron chi connectivity index (χ3n) is 3.43. The van der Waals surface area contributed by atoms with Gasteiger partial charge in [0.2, 0.25) is 0 Å². The van der Waals surface area contributed by atoms with Crippen LogP contribution in [-0.2, 0) is 13.1 Å². The fourth-order valence-corrected chi connectivity index (χ4v) is 2.83. The average molecular weight is 401 g/mol. The van der Waals surface area contributed by atoms with Crippen LogP contribution >= 0.6 is 28.1 Å². The maximum atomic E-state index is 5.37. The fourth-order valence-electron chi connectivity index (χ4n) is 2.31. The smallest absolute Gasteiger partial charge is 0.171 e. The molecule has 0 aliphatic heterocycles. The molecule has 0 spiro atoms. The van der Waals surface area contributed by atoms with Crippen LogP contribution in [0.5, 0.6) is 0 Å². The summed E-state index contributed by atoms with van der Waals surface area (Å²) in [4.78, 5) is 0. The van der Waals surface area contributed by atoms with E-state index in [2.05, 4.69) is 55.9 Å². The lowest BCUT2D eigenvalue weighted by Crippen LogP contribution is -2.27. The molecule has 3 aromatic rings. The predicted molar refractivity (Wildman–Crippen MR) is 105 cm³/mol. The normalized spacial score (nSPS) is 10.4. The Balaban J connectivity index is 1.56.